The fraction of sp³-hybridized carbons (Fsp3) is 0.692. The van der Waals surface area contributed by atoms with E-state index < -0.39 is 0 Å². The smallest absolute Gasteiger partial charge is 0.225 e. The maximum atomic E-state index is 5.64. The van der Waals surface area contributed by atoms with E-state index in [0.717, 1.165) is 49.7 Å². The molecule has 1 aromatic rings. The van der Waals surface area contributed by atoms with E-state index in [-0.39, 0.29) is 0 Å². The lowest BCUT2D eigenvalue weighted by Gasteiger charge is -2.31. The Morgan fingerprint density at radius 3 is 2.72 bits per heavy atom. The van der Waals surface area contributed by atoms with E-state index in [1.54, 1.807) is 0 Å². The van der Waals surface area contributed by atoms with Crippen LogP contribution in [-0.4, -0.2) is 35.8 Å². The Labute approximate surface area is 108 Å². The standard InChI is InChI=1S/C13H22N4O/c1-3-18-12-4-6-17(7-5-12)13-15-9-11(8-14)10(2)16-13/h9,12H,3-8,14H2,1-2H3. The number of ether oxygens (including phenoxy) is 1. The van der Waals surface area contributed by atoms with Crippen molar-refractivity contribution in [1.29, 1.82) is 0 Å². The third-order valence-corrected chi connectivity index (χ3v) is 3.42. The predicted octanol–water partition coefficient (Wildman–Crippen LogP) is 1.25. The molecule has 1 aliphatic heterocycles. The molecule has 1 aliphatic rings. The molecule has 0 aromatic carbocycles. The van der Waals surface area contributed by atoms with Gasteiger partial charge in [0.25, 0.3) is 0 Å². The molecule has 5 nitrogen and oxygen atoms in total. The highest BCUT2D eigenvalue weighted by atomic mass is 16.5. The Bertz CT molecular complexity index is 389. The summed E-state index contributed by atoms with van der Waals surface area (Å²) in [6, 6.07) is 0. The molecule has 0 amide bonds. The molecule has 100 valence electrons. The second kappa shape index (κ2) is 6.11. The first-order valence-corrected chi connectivity index (χ1v) is 6.63. The largest absolute Gasteiger partial charge is 0.378 e. The lowest BCUT2D eigenvalue weighted by atomic mass is 10.1. The fourth-order valence-corrected chi connectivity index (χ4v) is 2.29. The molecule has 1 saturated heterocycles. The topological polar surface area (TPSA) is 64.3 Å². The number of aryl methyl sites for hydroxylation is 1. The van der Waals surface area contributed by atoms with Gasteiger partial charge in [0.05, 0.1) is 6.10 Å². The van der Waals surface area contributed by atoms with Crippen LogP contribution in [-0.2, 0) is 11.3 Å². The summed E-state index contributed by atoms with van der Waals surface area (Å²) in [6.07, 6.45) is 4.34. The molecule has 0 spiro atoms. The number of hydrogen-bond acceptors (Lipinski definition) is 5. The van der Waals surface area contributed by atoms with Crippen molar-refractivity contribution in [2.45, 2.75) is 39.3 Å². The Kier molecular flexibility index (Phi) is 4.49. The second-order valence-electron chi connectivity index (χ2n) is 4.63. The first-order chi connectivity index (χ1) is 8.74. The van der Waals surface area contributed by atoms with Gasteiger partial charge in [-0.2, -0.15) is 0 Å². The fourth-order valence-electron chi connectivity index (χ4n) is 2.29. The van der Waals surface area contributed by atoms with Gasteiger partial charge in [-0.3, -0.25) is 0 Å². The molecule has 18 heavy (non-hydrogen) atoms. The zero-order valence-electron chi connectivity index (χ0n) is 11.2. The van der Waals surface area contributed by atoms with Gasteiger partial charge in [-0.25, -0.2) is 9.97 Å². The van der Waals surface area contributed by atoms with Crippen LogP contribution < -0.4 is 10.6 Å². The molecule has 5 heteroatoms. The quantitative estimate of drug-likeness (QED) is 0.871. The van der Waals surface area contributed by atoms with Crippen molar-refractivity contribution in [3.8, 4) is 0 Å². The number of rotatable bonds is 4. The van der Waals surface area contributed by atoms with Crippen LogP contribution in [0.15, 0.2) is 6.20 Å². The summed E-state index contributed by atoms with van der Waals surface area (Å²) in [6.45, 7) is 7.26. The normalized spacial score (nSPS) is 17.2. The van der Waals surface area contributed by atoms with Crippen molar-refractivity contribution in [2.24, 2.45) is 5.73 Å². The van der Waals surface area contributed by atoms with E-state index in [1.807, 2.05) is 20.0 Å². The third-order valence-electron chi connectivity index (χ3n) is 3.42. The van der Waals surface area contributed by atoms with Gasteiger partial charge in [0.1, 0.15) is 0 Å². The van der Waals surface area contributed by atoms with Crippen molar-refractivity contribution >= 4 is 5.95 Å². The Morgan fingerprint density at radius 1 is 1.44 bits per heavy atom. The zero-order chi connectivity index (χ0) is 13.0. The number of piperidine rings is 1. The van der Waals surface area contributed by atoms with Crippen LogP contribution >= 0.6 is 0 Å². The molecule has 0 bridgehead atoms. The van der Waals surface area contributed by atoms with Gasteiger partial charge in [-0.1, -0.05) is 0 Å². The van der Waals surface area contributed by atoms with Crippen LogP contribution in [0.1, 0.15) is 31.0 Å². The first kappa shape index (κ1) is 13.2. The lowest BCUT2D eigenvalue weighted by Crippen LogP contribution is -2.38. The van der Waals surface area contributed by atoms with Gasteiger partial charge in [-0.05, 0) is 26.7 Å². The highest BCUT2D eigenvalue weighted by Gasteiger charge is 2.21. The minimum Gasteiger partial charge on any atom is -0.378 e. The molecule has 2 rings (SSSR count). The van der Waals surface area contributed by atoms with Crippen molar-refractivity contribution in [3.63, 3.8) is 0 Å². The van der Waals surface area contributed by atoms with E-state index in [9.17, 15) is 0 Å². The highest BCUT2D eigenvalue weighted by molar-refractivity contribution is 5.33. The number of hydrogen-bond donors (Lipinski definition) is 1. The summed E-state index contributed by atoms with van der Waals surface area (Å²) in [4.78, 5) is 11.2. The second-order valence-corrected chi connectivity index (χ2v) is 4.63. The molecule has 0 saturated carbocycles. The van der Waals surface area contributed by atoms with Crippen molar-refractivity contribution in [2.75, 3.05) is 24.6 Å². The van der Waals surface area contributed by atoms with Crippen molar-refractivity contribution < 1.29 is 4.74 Å². The Hall–Kier alpha value is -1.20. The van der Waals surface area contributed by atoms with Gasteiger partial charge in [0.15, 0.2) is 0 Å². The maximum absolute atomic E-state index is 5.64. The molecular formula is C13H22N4O. The van der Waals surface area contributed by atoms with Crippen LogP contribution in [0, 0.1) is 6.92 Å². The summed E-state index contributed by atoms with van der Waals surface area (Å²) in [5.41, 5.74) is 7.62. The summed E-state index contributed by atoms with van der Waals surface area (Å²) >= 11 is 0. The zero-order valence-corrected chi connectivity index (χ0v) is 11.2. The molecule has 0 aliphatic carbocycles. The van der Waals surface area contributed by atoms with Gasteiger partial charge in [0.2, 0.25) is 5.95 Å². The summed E-state index contributed by atoms with van der Waals surface area (Å²) in [5.74, 6) is 0.819. The highest BCUT2D eigenvalue weighted by Crippen LogP contribution is 2.18. The van der Waals surface area contributed by atoms with Gasteiger partial charge in [-0.15, -0.1) is 0 Å². The Balaban J connectivity index is 1.99. The maximum Gasteiger partial charge on any atom is 0.225 e. The third kappa shape index (κ3) is 2.97. The van der Waals surface area contributed by atoms with E-state index >= 15 is 0 Å². The van der Waals surface area contributed by atoms with Crippen molar-refractivity contribution in [3.05, 3.63) is 17.5 Å². The SMILES string of the molecule is CCOC1CCN(c2ncc(CN)c(C)n2)CC1. The summed E-state index contributed by atoms with van der Waals surface area (Å²) in [7, 11) is 0. The summed E-state index contributed by atoms with van der Waals surface area (Å²) < 4.78 is 5.64. The van der Waals surface area contributed by atoms with Crippen LogP contribution in [0.2, 0.25) is 0 Å². The average molecular weight is 250 g/mol. The molecule has 1 fully saturated rings. The molecular weight excluding hydrogens is 228 g/mol. The summed E-state index contributed by atoms with van der Waals surface area (Å²) in [5, 5.41) is 0. The Morgan fingerprint density at radius 2 is 2.17 bits per heavy atom. The van der Waals surface area contributed by atoms with Crippen LogP contribution in [0.3, 0.4) is 0 Å². The molecule has 0 atom stereocenters. The number of nitrogens with two attached hydrogens (primary N) is 1. The van der Waals surface area contributed by atoms with Gasteiger partial charge >= 0.3 is 0 Å². The van der Waals surface area contributed by atoms with E-state index in [4.69, 9.17) is 10.5 Å². The van der Waals surface area contributed by atoms with E-state index in [1.165, 1.54) is 0 Å². The predicted molar refractivity (Wildman–Crippen MR) is 71.5 cm³/mol. The van der Waals surface area contributed by atoms with Gasteiger partial charge in [0, 0.05) is 43.7 Å². The van der Waals surface area contributed by atoms with Crippen LogP contribution in [0.4, 0.5) is 5.95 Å². The molecule has 1 aromatic heterocycles. The van der Waals surface area contributed by atoms with Crippen LogP contribution in [0.25, 0.3) is 0 Å². The number of anilines is 1. The first-order valence-electron chi connectivity index (χ1n) is 6.63. The molecule has 0 radical (unpaired) electrons. The molecule has 2 N–H and O–H groups in total. The number of aromatic nitrogens is 2. The molecule has 0 unspecified atom stereocenters. The average Bonchev–Trinajstić information content (AvgIpc) is 2.40. The van der Waals surface area contributed by atoms with Crippen LogP contribution in [0.5, 0.6) is 0 Å². The van der Waals surface area contributed by atoms with Gasteiger partial charge < -0.3 is 15.4 Å². The van der Waals surface area contributed by atoms with E-state index in [2.05, 4.69) is 14.9 Å². The minimum atomic E-state index is 0.399. The number of nitrogens with zero attached hydrogens (tertiary/aromatic N) is 3. The van der Waals surface area contributed by atoms with Crippen molar-refractivity contribution in [1.82, 2.24) is 9.97 Å². The molecule has 2 heterocycles. The lowest BCUT2D eigenvalue weighted by molar-refractivity contribution is 0.0457. The minimum absolute atomic E-state index is 0.399. The van der Waals surface area contributed by atoms with E-state index in [0.29, 0.717) is 12.6 Å². The monoisotopic (exact) mass is 250 g/mol.